The molecule has 0 spiro atoms. The van der Waals surface area contributed by atoms with Crippen LogP contribution in [0.4, 0.5) is 0 Å². The monoisotopic (exact) mass is 530 g/mol. The summed E-state index contributed by atoms with van der Waals surface area (Å²) < 4.78 is 4.27. The Labute approximate surface area is 218 Å². The van der Waals surface area contributed by atoms with Crippen molar-refractivity contribution in [1.29, 1.82) is 0 Å². The second kappa shape index (κ2) is 14.0. The van der Waals surface area contributed by atoms with Crippen molar-refractivity contribution >= 4 is 43.2 Å². The molecule has 0 radical (unpaired) electrons. The van der Waals surface area contributed by atoms with Gasteiger partial charge in [0.05, 0.1) is 13.1 Å². The maximum atomic E-state index is 11.7. The zero-order valence-electron chi connectivity index (χ0n) is 20.8. The highest BCUT2D eigenvalue weighted by Crippen LogP contribution is 2.22. The predicted octanol–water partition coefficient (Wildman–Crippen LogP) is 2.64. The van der Waals surface area contributed by atoms with Crippen LogP contribution >= 0.6 is 25.3 Å². The van der Waals surface area contributed by atoms with Gasteiger partial charge in [0.1, 0.15) is 5.75 Å². The lowest BCUT2D eigenvalue weighted by Crippen LogP contribution is -2.52. The SMILES string of the molecule is CC(C)(S)CN(CC(=O)O)CC(CCc1ccc(OCC(=O)O)cc1)N(CC(=O)O)CC(C)(C)S. The topological polar surface area (TPSA) is 128 Å². The maximum absolute atomic E-state index is 11.7. The Balaban J connectivity index is 3.12. The van der Waals surface area contributed by atoms with E-state index in [1.165, 1.54) is 0 Å². The number of aryl methyl sites for hydroxylation is 1. The van der Waals surface area contributed by atoms with Crippen LogP contribution in [0.25, 0.3) is 0 Å². The Morgan fingerprint density at radius 3 is 1.89 bits per heavy atom. The lowest BCUT2D eigenvalue weighted by Gasteiger charge is -2.39. The van der Waals surface area contributed by atoms with Gasteiger partial charge in [-0.25, -0.2) is 4.79 Å². The standard InChI is InChI=1S/C24H38N2O7S2/c1-23(2,34)15-25(12-20(27)28)11-18(26(13-21(29)30)16-24(3,4)35)8-5-17-6-9-19(10-7-17)33-14-22(31)32/h6-7,9-10,18,34-35H,5,8,11-16H2,1-4H3,(H,27,28)(H,29,30)(H,31,32). The third kappa shape index (κ3) is 14.9. The second-order valence-electron chi connectivity index (χ2n) is 10.0. The van der Waals surface area contributed by atoms with Crippen molar-refractivity contribution in [2.45, 2.75) is 56.1 Å². The molecule has 0 aliphatic rings. The molecule has 0 saturated carbocycles. The number of thiol groups is 2. The van der Waals surface area contributed by atoms with Crippen LogP contribution in [0.15, 0.2) is 24.3 Å². The molecule has 0 heterocycles. The lowest BCUT2D eigenvalue weighted by molar-refractivity contribution is -0.141. The number of benzene rings is 1. The predicted molar refractivity (Wildman–Crippen MR) is 141 cm³/mol. The first-order chi connectivity index (χ1) is 16.0. The average Bonchev–Trinajstić information content (AvgIpc) is 2.66. The van der Waals surface area contributed by atoms with E-state index in [-0.39, 0.29) is 19.1 Å². The summed E-state index contributed by atoms with van der Waals surface area (Å²) in [5, 5.41) is 27.7. The Hall–Kier alpha value is -1.95. The summed E-state index contributed by atoms with van der Waals surface area (Å²) in [6.45, 7) is 8.00. The molecule has 1 rings (SSSR count). The van der Waals surface area contributed by atoms with Crippen molar-refractivity contribution in [3.63, 3.8) is 0 Å². The smallest absolute Gasteiger partial charge is 0.341 e. The van der Waals surface area contributed by atoms with Gasteiger partial charge in [0.2, 0.25) is 0 Å². The molecule has 0 saturated heterocycles. The normalized spacial score (nSPS) is 13.1. The molecule has 0 aliphatic heterocycles. The zero-order valence-corrected chi connectivity index (χ0v) is 22.6. The number of ether oxygens (including phenoxy) is 1. The number of nitrogens with zero attached hydrogens (tertiary/aromatic N) is 2. The van der Waals surface area contributed by atoms with Gasteiger partial charge in [-0.3, -0.25) is 19.4 Å². The number of hydrogen-bond donors (Lipinski definition) is 5. The minimum absolute atomic E-state index is 0.179. The molecule has 35 heavy (non-hydrogen) atoms. The number of carboxylic acid groups (broad SMARTS) is 3. The van der Waals surface area contributed by atoms with E-state index in [4.69, 9.17) is 9.84 Å². The molecular formula is C24H38N2O7S2. The van der Waals surface area contributed by atoms with E-state index in [0.717, 1.165) is 5.56 Å². The molecular weight excluding hydrogens is 492 g/mol. The highest BCUT2D eigenvalue weighted by atomic mass is 32.1. The summed E-state index contributed by atoms with van der Waals surface area (Å²) in [7, 11) is 0. The van der Waals surface area contributed by atoms with Crippen molar-refractivity contribution in [2.24, 2.45) is 0 Å². The molecule has 0 aromatic heterocycles. The van der Waals surface area contributed by atoms with Crippen molar-refractivity contribution in [3.05, 3.63) is 29.8 Å². The molecule has 0 aliphatic carbocycles. The Kier molecular flexibility index (Phi) is 12.4. The minimum Gasteiger partial charge on any atom is -0.482 e. The van der Waals surface area contributed by atoms with E-state index in [1.54, 1.807) is 17.0 Å². The highest BCUT2D eigenvalue weighted by Gasteiger charge is 2.29. The summed E-state index contributed by atoms with van der Waals surface area (Å²) in [5.74, 6) is -2.54. The zero-order chi connectivity index (χ0) is 26.8. The lowest BCUT2D eigenvalue weighted by atomic mass is 10.0. The fraction of sp³-hybridized carbons (Fsp3) is 0.625. The summed E-state index contributed by atoms with van der Waals surface area (Å²) in [6.07, 6.45) is 1.19. The largest absolute Gasteiger partial charge is 0.482 e. The van der Waals surface area contributed by atoms with Crippen LogP contribution in [-0.2, 0) is 20.8 Å². The summed E-state index contributed by atoms with van der Waals surface area (Å²) in [6, 6.07) is 6.81. The van der Waals surface area contributed by atoms with E-state index in [1.807, 2.05) is 44.7 Å². The fourth-order valence-electron chi connectivity index (χ4n) is 3.83. The van der Waals surface area contributed by atoms with Crippen LogP contribution in [0.3, 0.4) is 0 Å². The van der Waals surface area contributed by atoms with Gasteiger partial charge >= 0.3 is 17.9 Å². The van der Waals surface area contributed by atoms with Crippen LogP contribution in [0.2, 0.25) is 0 Å². The van der Waals surface area contributed by atoms with Gasteiger partial charge in [-0.2, -0.15) is 25.3 Å². The molecule has 0 bridgehead atoms. The first-order valence-corrected chi connectivity index (χ1v) is 12.2. The Morgan fingerprint density at radius 2 is 1.43 bits per heavy atom. The number of carboxylic acids is 3. The molecule has 0 amide bonds. The van der Waals surface area contributed by atoms with E-state index in [9.17, 15) is 24.6 Å². The molecule has 198 valence electrons. The van der Waals surface area contributed by atoms with E-state index in [0.29, 0.717) is 38.2 Å². The van der Waals surface area contributed by atoms with Crippen molar-refractivity contribution in [2.75, 3.05) is 39.3 Å². The Bertz CT molecular complexity index is 836. The molecule has 0 fully saturated rings. The third-order valence-corrected chi connectivity index (χ3v) is 5.22. The summed E-state index contributed by atoms with van der Waals surface area (Å²) >= 11 is 9.16. The van der Waals surface area contributed by atoms with Gasteiger partial charge in [-0.15, -0.1) is 0 Å². The van der Waals surface area contributed by atoms with Gasteiger partial charge in [0, 0.05) is 35.2 Å². The number of rotatable bonds is 17. The quantitative estimate of drug-likeness (QED) is 0.193. The molecule has 3 N–H and O–H groups in total. The van der Waals surface area contributed by atoms with Crippen LogP contribution in [-0.4, -0.2) is 97.9 Å². The first kappa shape index (κ1) is 31.1. The van der Waals surface area contributed by atoms with Gasteiger partial charge in [0.25, 0.3) is 0 Å². The van der Waals surface area contributed by atoms with Gasteiger partial charge < -0.3 is 20.1 Å². The van der Waals surface area contributed by atoms with Crippen LogP contribution < -0.4 is 4.74 Å². The molecule has 1 unspecified atom stereocenters. The molecule has 1 aromatic carbocycles. The number of hydrogen-bond acceptors (Lipinski definition) is 8. The molecule has 11 heteroatoms. The molecule has 9 nitrogen and oxygen atoms in total. The van der Waals surface area contributed by atoms with E-state index >= 15 is 0 Å². The maximum Gasteiger partial charge on any atom is 0.341 e. The van der Waals surface area contributed by atoms with Gasteiger partial charge in [-0.05, 0) is 58.2 Å². The first-order valence-electron chi connectivity index (χ1n) is 11.3. The van der Waals surface area contributed by atoms with Crippen LogP contribution in [0.1, 0.15) is 39.7 Å². The van der Waals surface area contributed by atoms with Gasteiger partial charge in [0.15, 0.2) is 6.61 Å². The van der Waals surface area contributed by atoms with Gasteiger partial charge in [-0.1, -0.05) is 12.1 Å². The van der Waals surface area contributed by atoms with Crippen molar-refractivity contribution in [3.8, 4) is 5.75 Å². The number of carbonyl (C=O) groups is 3. The average molecular weight is 531 g/mol. The highest BCUT2D eigenvalue weighted by molar-refractivity contribution is 7.82. The molecule has 1 aromatic rings. The third-order valence-electron chi connectivity index (χ3n) is 4.94. The van der Waals surface area contributed by atoms with Crippen molar-refractivity contribution < 1.29 is 34.4 Å². The van der Waals surface area contributed by atoms with Crippen molar-refractivity contribution in [1.82, 2.24) is 9.80 Å². The minimum atomic E-state index is -1.06. The summed E-state index contributed by atoms with van der Waals surface area (Å²) in [4.78, 5) is 37.5. The van der Waals surface area contributed by atoms with Crippen LogP contribution in [0, 0.1) is 0 Å². The second-order valence-corrected chi connectivity index (χ2v) is 12.4. The van der Waals surface area contributed by atoms with Crippen LogP contribution in [0.5, 0.6) is 5.75 Å². The summed E-state index contributed by atoms with van der Waals surface area (Å²) in [5.41, 5.74) is 0.970. The number of aliphatic carboxylic acids is 3. The Morgan fingerprint density at radius 1 is 0.886 bits per heavy atom. The van der Waals surface area contributed by atoms with E-state index in [2.05, 4.69) is 25.3 Å². The van der Waals surface area contributed by atoms with E-state index < -0.39 is 34.0 Å². The molecule has 1 atom stereocenters. The fourth-order valence-corrected chi connectivity index (χ4v) is 4.21.